The highest BCUT2D eigenvalue weighted by Crippen LogP contribution is 2.05. The van der Waals surface area contributed by atoms with Crippen molar-refractivity contribution < 1.29 is 4.84 Å². The second-order valence-corrected chi connectivity index (χ2v) is 4.14. The molecule has 0 saturated carbocycles. The van der Waals surface area contributed by atoms with Gasteiger partial charge in [0.1, 0.15) is 6.61 Å². The van der Waals surface area contributed by atoms with Gasteiger partial charge in [0, 0.05) is 13.2 Å². The van der Waals surface area contributed by atoms with Gasteiger partial charge in [-0.1, -0.05) is 35.0 Å². The molecule has 0 fully saturated rings. The highest BCUT2D eigenvalue weighted by Gasteiger charge is 2.01. The Labute approximate surface area is 106 Å². The van der Waals surface area contributed by atoms with E-state index in [0.29, 0.717) is 12.4 Å². The van der Waals surface area contributed by atoms with Crippen LogP contribution in [0.15, 0.2) is 41.8 Å². The predicted molar refractivity (Wildman–Crippen MR) is 69.9 cm³/mol. The Morgan fingerprint density at radius 2 is 2.33 bits per heavy atom. The van der Waals surface area contributed by atoms with Crippen LogP contribution in [0.2, 0.25) is 0 Å². The average Bonchev–Trinajstić information content (AvgIpc) is 2.76. The molecule has 18 heavy (non-hydrogen) atoms. The van der Waals surface area contributed by atoms with Crippen LogP contribution in [0.5, 0.6) is 0 Å². The van der Waals surface area contributed by atoms with Crippen LogP contribution in [0, 0.1) is 6.92 Å². The van der Waals surface area contributed by atoms with E-state index in [2.05, 4.69) is 16.3 Å². The van der Waals surface area contributed by atoms with Gasteiger partial charge in [-0.3, -0.25) is 4.68 Å². The number of hydrogen-bond donors (Lipinski definition) is 1. The first-order chi connectivity index (χ1) is 8.65. The molecule has 0 bridgehead atoms. The van der Waals surface area contributed by atoms with Crippen LogP contribution in [0.3, 0.4) is 0 Å². The number of amidine groups is 1. The first kappa shape index (κ1) is 12.2. The summed E-state index contributed by atoms with van der Waals surface area (Å²) in [6.45, 7) is 2.44. The lowest BCUT2D eigenvalue weighted by Gasteiger charge is -2.02. The van der Waals surface area contributed by atoms with E-state index in [0.717, 1.165) is 11.1 Å². The summed E-state index contributed by atoms with van der Waals surface area (Å²) in [6.07, 6.45) is 3.43. The molecule has 0 aliphatic heterocycles. The quantitative estimate of drug-likeness (QED) is 0.504. The number of nitrogens with two attached hydrogens (primary N) is 1. The predicted octanol–water partition coefficient (Wildman–Crippen LogP) is 1.57. The van der Waals surface area contributed by atoms with E-state index in [-0.39, 0.29) is 0 Å². The van der Waals surface area contributed by atoms with E-state index >= 15 is 0 Å². The summed E-state index contributed by atoms with van der Waals surface area (Å²) in [7, 11) is 1.82. The van der Waals surface area contributed by atoms with Crippen LogP contribution in [0.1, 0.15) is 16.7 Å². The fourth-order valence-corrected chi connectivity index (χ4v) is 1.58. The highest BCUT2D eigenvalue weighted by atomic mass is 16.6. The lowest BCUT2D eigenvalue weighted by atomic mass is 10.1. The molecule has 1 heterocycles. The summed E-state index contributed by atoms with van der Waals surface area (Å²) in [6, 6.07) is 8.07. The standard InChI is InChI=1S/C13H16N4O/c1-10-4-3-5-11(6-10)9-18-16-13(14)12-7-15-17(2)8-12/h3-8H,9H2,1-2H3,(H2,14,16). The van der Waals surface area contributed by atoms with E-state index in [1.54, 1.807) is 17.1 Å². The zero-order valence-corrected chi connectivity index (χ0v) is 10.5. The summed E-state index contributed by atoms with van der Waals surface area (Å²) in [4.78, 5) is 5.23. The monoisotopic (exact) mass is 244 g/mol. The summed E-state index contributed by atoms with van der Waals surface area (Å²) < 4.78 is 1.66. The third-order valence-corrected chi connectivity index (χ3v) is 2.48. The molecule has 0 unspecified atom stereocenters. The van der Waals surface area contributed by atoms with Crippen LogP contribution in [-0.4, -0.2) is 15.6 Å². The maximum Gasteiger partial charge on any atom is 0.173 e. The third-order valence-electron chi connectivity index (χ3n) is 2.48. The Bertz CT molecular complexity index is 560. The van der Waals surface area contributed by atoms with Gasteiger partial charge in [-0.2, -0.15) is 5.10 Å². The van der Waals surface area contributed by atoms with Gasteiger partial charge in [-0.15, -0.1) is 0 Å². The Morgan fingerprint density at radius 3 is 3.00 bits per heavy atom. The van der Waals surface area contributed by atoms with Crippen molar-refractivity contribution >= 4 is 5.84 Å². The first-order valence-electron chi connectivity index (χ1n) is 5.65. The van der Waals surface area contributed by atoms with E-state index in [1.165, 1.54) is 5.56 Å². The minimum Gasteiger partial charge on any atom is -0.389 e. The van der Waals surface area contributed by atoms with Crippen LogP contribution >= 0.6 is 0 Å². The van der Waals surface area contributed by atoms with Gasteiger partial charge >= 0.3 is 0 Å². The van der Waals surface area contributed by atoms with Gasteiger partial charge in [0.2, 0.25) is 0 Å². The number of nitrogens with zero attached hydrogens (tertiary/aromatic N) is 3. The number of aromatic nitrogens is 2. The van der Waals surface area contributed by atoms with E-state index in [9.17, 15) is 0 Å². The summed E-state index contributed by atoms with van der Waals surface area (Å²) in [5.74, 6) is 0.329. The molecular formula is C13H16N4O. The van der Waals surface area contributed by atoms with Crippen molar-refractivity contribution in [2.45, 2.75) is 13.5 Å². The summed E-state index contributed by atoms with van der Waals surface area (Å²) >= 11 is 0. The molecule has 2 N–H and O–H groups in total. The van der Waals surface area contributed by atoms with Crippen molar-refractivity contribution in [1.29, 1.82) is 0 Å². The molecule has 1 aromatic carbocycles. The Balaban J connectivity index is 1.95. The van der Waals surface area contributed by atoms with Crippen molar-refractivity contribution in [3.63, 3.8) is 0 Å². The van der Waals surface area contributed by atoms with E-state index < -0.39 is 0 Å². The molecular weight excluding hydrogens is 228 g/mol. The lowest BCUT2D eigenvalue weighted by molar-refractivity contribution is 0.130. The molecule has 0 spiro atoms. The number of aryl methyl sites for hydroxylation is 2. The zero-order chi connectivity index (χ0) is 13.0. The van der Waals surface area contributed by atoms with Crippen molar-refractivity contribution in [2.75, 3.05) is 0 Å². The molecule has 1 aromatic heterocycles. The maximum atomic E-state index is 5.77. The SMILES string of the molecule is Cc1cccc(CON=C(N)c2cnn(C)c2)c1. The zero-order valence-electron chi connectivity index (χ0n) is 10.5. The number of rotatable bonds is 4. The molecule has 0 atom stereocenters. The Kier molecular flexibility index (Phi) is 3.62. The van der Waals surface area contributed by atoms with Crippen LogP contribution in [0.25, 0.3) is 0 Å². The summed E-state index contributed by atoms with van der Waals surface area (Å²) in [5, 5.41) is 7.89. The van der Waals surface area contributed by atoms with Crippen molar-refractivity contribution in [2.24, 2.45) is 17.9 Å². The smallest absolute Gasteiger partial charge is 0.173 e. The fraction of sp³-hybridized carbons (Fsp3) is 0.231. The van der Waals surface area contributed by atoms with Gasteiger partial charge in [0.25, 0.3) is 0 Å². The minimum atomic E-state index is 0.329. The van der Waals surface area contributed by atoms with Crippen LogP contribution in [0.4, 0.5) is 0 Å². The highest BCUT2D eigenvalue weighted by molar-refractivity contribution is 5.96. The molecule has 0 aliphatic rings. The lowest BCUT2D eigenvalue weighted by Crippen LogP contribution is -2.13. The topological polar surface area (TPSA) is 65.4 Å². The number of hydrogen-bond acceptors (Lipinski definition) is 3. The second kappa shape index (κ2) is 5.35. The molecule has 5 nitrogen and oxygen atoms in total. The third kappa shape index (κ3) is 3.10. The number of oxime groups is 1. The largest absolute Gasteiger partial charge is 0.389 e. The van der Waals surface area contributed by atoms with Crippen molar-refractivity contribution in [3.05, 3.63) is 53.3 Å². The Morgan fingerprint density at radius 1 is 1.50 bits per heavy atom. The molecule has 0 radical (unpaired) electrons. The molecule has 0 amide bonds. The van der Waals surface area contributed by atoms with Gasteiger partial charge in [-0.05, 0) is 12.5 Å². The van der Waals surface area contributed by atoms with Crippen molar-refractivity contribution in [1.82, 2.24) is 9.78 Å². The van der Waals surface area contributed by atoms with Crippen molar-refractivity contribution in [3.8, 4) is 0 Å². The molecule has 2 aromatic rings. The van der Waals surface area contributed by atoms with Gasteiger partial charge in [0.05, 0.1) is 11.8 Å². The van der Waals surface area contributed by atoms with Crippen LogP contribution < -0.4 is 5.73 Å². The van der Waals surface area contributed by atoms with Gasteiger partial charge in [-0.25, -0.2) is 0 Å². The first-order valence-corrected chi connectivity index (χ1v) is 5.65. The van der Waals surface area contributed by atoms with Gasteiger partial charge < -0.3 is 10.6 Å². The van der Waals surface area contributed by atoms with Gasteiger partial charge in [0.15, 0.2) is 5.84 Å². The van der Waals surface area contributed by atoms with Crippen LogP contribution in [-0.2, 0) is 18.5 Å². The fourth-order valence-electron chi connectivity index (χ4n) is 1.58. The maximum absolute atomic E-state index is 5.77. The Hall–Kier alpha value is -2.30. The average molecular weight is 244 g/mol. The molecule has 5 heteroatoms. The molecule has 2 rings (SSSR count). The normalized spacial score (nSPS) is 11.6. The molecule has 94 valence electrons. The molecule has 0 saturated heterocycles. The summed E-state index contributed by atoms with van der Waals surface area (Å²) in [5.41, 5.74) is 8.79. The molecule has 0 aliphatic carbocycles. The number of benzene rings is 1. The van der Waals surface area contributed by atoms with E-state index in [4.69, 9.17) is 10.6 Å². The second-order valence-electron chi connectivity index (χ2n) is 4.14. The van der Waals surface area contributed by atoms with E-state index in [1.807, 2.05) is 32.2 Å². The minimum absolute atomic E-state index is 0.329.